The molecule has 0 radical (unpaired) electrons. The fraction of sp³-hybridized carbons (Fsp3) is 0.156. The molecule has 0 spiro atoms. The van der Waals surface area contributed by atoms with Gasteiger partial charge >= 0.3 is 0 Å². The number of nitrogens with one attached hydrogen (secondary N) is 2. The zero-order chi connectivity index (χ0) is 34.0. The highest BCUT2D eigenvalue weighted by atomic mass is 32.2. The largest absolute Gasteiger partial charge is 0.497 e. The first-order valence-corrected chi connectivity index (χ1v) is 15.4. The molecule has 47 heavy (non-hydrogen) atoms. The van der Waals surface area contributed by atoms with Crippen LogP contribution < -0.4 is 29.3 Å². The zero-order valence-electron chi connectivity index (χ0n) is 25.6. The van der Waals surface area contributed by atoms with Crippen molar-refractivity contribution in [3.05, 3.63) is 112 Å². The second-order valence-electron chi connectivity index (χ2n) is 9.81. The SMILES string of the molecule is COc1ccc(N(CC(=O)NN=Cc2ccc(OCC(=O)Nc3ccccc3OC)cc2)S(=O)(=O)c2ccc(C)c([N+](=O)[O-])c2)cc1. The maximum absolute atomic E-state index is 13.7. The van der Waals surface area contributed by atoms with Crippen LogP contribution in [0.25, 0.3) is 0 Å². The van der Waals surface area contributed by atoms with Crippen LogP contribution in [-0.2, 0) is 19.6 Å². The number of nitro benzene ring substituents is 1. The van der Waals surface area contributed by atoms with Crippen molar-refractivity contribution in [3.63, 3.8) is 0 Å². The average molecular weight is 662 g/mol. The van der Waals surface area contributed by atoms with Crippen molar-refractivity contribution in [2.24, 2.45) is 5.10 Å². The highest BCUT2D eigenvalue weighted by Gasteiger charge is 2.29. The summed E-state index contributed by atoms with van der Waals surface area (Å²) >= 11 is 0. The number of nitro groups is 1. The number of hydrazone groups is 1. The van der Waals surface area contributed by atoms with Crippen LogP contribution in [-0.4, -0.2) is 58.7 Å². The van der Waals surface area contributed by atoms with E-state index in [-0.39, 0.29) is 34.3 Å². The van der Waals surface area contributed by atoms with E-state index in [9.17, 15) is 28.1 Å². The summed E-state index contributed by atoms with van der Waals surface area (Å²) in [6, 6.07) is 22.9. The summed E-state index contributed by atoms with van der Waals surface area (Å²) in [6.07, 6.45) is 1.34. The number of rotatable bonds is 14. The number of sulfonamides is 1. The van der Waals surface area contributed by atoms with Crippen LogP contribution in [0.2, 0.25) is 0 Å². The lowest BCUT2D eigenvalue weighted by Gasteiger charge is -2.24. The van der Waals surface area contributed by atoms with Gasteiger partial charge in [-0.3, -0.25) is 24.0 Å². The number of nitrogens with zero attached hydrogens (tertiary/aromatic N) is 3. The molecule has 244 valence electrons. The Hall–Kier alpha value is -5.96. The molecule has 0 unspecified atom stereocenters. The number of benzene rings is 4. The smallest absolute Gasteiger partial charge is 0.273 e. The van der Waals surface area contributed by atoms with Gasteiger partial charge in [-0.15, -0.1) is 0 Å². The molecule has 14 nitrogen and oxygen atoms in total. The molecular formula is C32H31N5O9S. The van der Waals surface area contributed by atoms with Crippen molar-refractivity contribution in [2.75, 3.05) is 37.0 Å². The van der Waals surface area contributed by atoms with Gasteiger partial charge in [0.05, 0.1) is 41.6 Å². The first-order chi connectivity index (χ1) is 22.5. The van der Waals surface area contributed by atoms with E-state index in [0.717, 1.165) is 10.4 Å². The summed E-state index contributed by atoms with van der Waals surface area (Å²) in [5, 5.41) is 18.1. The normalized spacial score (nSPS) is 11.0. The van der Waals surface area contributed by atoms with Gasteiger partial charge in [0.1, 0.15) is 23.8 Å². The predicted octanol–water partition coefficient (Wildman–Crippen LogP) is 4.28. The average Bonchev–Trinajstić information content (AvgIpc) is 3.07. The molecule has 0 saturated carbocycles. The Morgan fingerprint density at radius 3 is 2.26 bits per heavy atom. The molecule has 4 rings (SSSR count). The Morgan fingerprint density at radius 1 is 0.915 bits per heavy atom. The summed E-state index contributed by atoms with van der Waals surface area (Å²) in [7, 11) is -1.48. The number of anilines is 2. The van der Waals surface area contributed by atoms with Gasteiger partial charge < -0.3 is 19.5 Å². The Bertz CT molecular complexity index is 1880. The fourth-order valence-electron chi connectivity index (χ4n) is 4.21. The summed E-state index contributed by atoms with van der Waals surface area (Å²) in [5.41, 5.74) is 3.42. The molecule has 15 heteroatoms. The van der Waals surface area contributed by atoms with Crippen LogP contribution in [0.15, 0.2) is 101 Å². The third-order valence-corrected chi connectivity index (χ3v) is 8.42. The highest BCUT2D eigenvalue weighted by molar-refractivity contribution is 7.92. The number of carbonyl (C=O) groups excluding carboxylic acids is 2. The first-order valence-electron chi connectivity index (χ1n) is 13.9. The fourth-order valence-corrected chi connectivity index (χ4v) is 5.66. The summed E-state index contributed by atoms with van der Waals surface area (Å²) in [4.78, 5) is 35.6. The summed E-state index contributed by atoms with van der Waals surface area (Å²) in [6.45, 7) is 0.563. The molecule has 2 N–H and O–H groups in total. The topological polar surface area (TPSA) is 179 Å². The van der Waals surface area contributed by atoms with Crippen LogP contribution in [0, 0.1) is 17.0 Å². The quantitative estimate of drug-likeness (QED) is 0.113. The second kappa shape index (κ2) is 15.4. The molecule has 0 aliphatic rings. The first kappa shape index (κ1) is 33.9. The highest BCUT2D eigenvalue weighted by Crippen LogP contribution is 2.29. The number of amides is 2. The molecule has 4 aromatic rings. The number of hydrogen-bond acceptors (Lipinski definition) is 10. The van der Waals surface area contributed by atoms with Gasteiger partial charge in [0.2, 0.25) is 0 Å². The van der Waals surface area contributed by atoms with Crippen LogP contribution in [0.3, 0.4) is 0 Å². The molecule has 0 aliphatic carbocycles. The molecular weight excluding hydrogens is 630 g/mol. The van der Waals surface area contributed by atoms with Crippen molar-refractivity contribution in [1.82, 2.24) is 5.43 Å². The lowest BCUT2D eigenvalue weighted by molar-refractivity contribution is -0.385. The minimum Gasteiger partial charge on any atom is -0.497 e. The minimum absolute atomic E-state index is 0.125. The number of aryl methyl sites for hydroxylation is 1. The molecule has 0 aromatic heterocycles. The van der Waals surface area contributed by atoms with Crippen molar-refractivity contribution < 1.29 is 37.1 Å². The molecule has 2 amide bonds. The van der Waals surface area contributed by atoms with Gasteiger partial charge in [-0.25, -0.2) is 13.8 Å². The molecule has 0 bridgehead atoms. The number of hydrogen-bond donors (Lipinski definition) is 2. The monoisotopic (exact) mass is 661 g/mol. The zero-order valence-corrected chi connectivity index (χ0v) is 26.4. The maximum atomic E-state index is 13.7. The third kappa shape index (κ3) is 8.82. The third-order valence-electron chi connectivity index (χ3n) is 6.65. The Kier molecular flexibility index (Phi) is 11.1. The van der Waals surface area contributed by atoms with Gasteiger partial charge in [0.25, 0.3) is 27.5 Å². The molecule has 0 aliphatic heterocycles. The van der Waals surface area contributed by atoms with Gasteiger partial charge in [0.15, 0.2) is 6.61 Å². The maximum Gasteiger partial charge on any atom is 0.273 e. The van der Waals surface area contributed by atoms with Gasteiger partial charge in [-0.1, -0.05) is 18.2 Å². The van der Waals surface area contributed by atoms with E-state index in [1.54, 1.807) is 48.5 Å². The molecule has 0 atom stereocenters. The van der Waals surface area contributed by atoms with Gasteiger partial charge in [-0.05, 0) is 79.2 Å². The van der Waals surface area contributed by atoms with E-state index in [1.807, 2.05) is 0 Å². The Balaban J connectivity index is 1.40. The standard InChI is InChI=1S/C32H31N5O9S/c1-22-8-17-27(18-29(22)37(40)41)47(42,43)36(24-11-15-25(44-2)16-12-24)20-31(38)35-33-19-23-9-13-26(14-10-23)46-21-32(39)34-28-6-4-5-7-30(28)45-3/h4-19H,20-21H2,1-3H3,(H,34,39)(H,35,38). The van der Waals surface area contributed by atoms with E-state index in [4.69, 9.17) is 14.2 Å². The van der Waals surface area contributed by atoms with E-state index >= 15 is 0 Å². The number of ether oxygens (including phenoxy) is 3. The van der Waals surface area contributed by atoms with Gasteiger partial charge in [-0.2, -0.15) is 5.10 Å². The van der Waals surface area contributed by atoms with Crippen LogP contribution in [0.1, 0.15) is 11.1 Å². The van der Waals surface area contributed by atoms with E-state index in [2.05, 4.69) is 15.8 Å². The minimum atomic E-state index is -4.43. The van der Waals surface area contributed by atoms with Crippen LogP contribution in [0.4, 0.5) is 17.1 Å². The van der Waals surface area contributed by atoms with Crippen LogP contribution >= 0.6 is 0 Å². The summed E-state index contributed by atoms with van der Waals surface area (Å²) < 4.78 is 44.0. The second-order valence-corrected chi connectivity index (χ2v) is 11.7. The van der Waals surface area contributed by atoms with Gasteiger partial charge in [0, 0.05) is 11.6 Å². The number of carbonyl (C=O) groups is 2. The molecule has 4 aromatic carbocycles. The van der Waals surface area contributed by atoms with Crippen molar-refractivity contribution in [3.8, 4) is 17.2 Å². The molecule has 0 saturated heterocycles. The van der Waals surface area contributed by atoms with Crippen molar-refractivity contribution >= 4 is 45.1 Å². The lowest BCUT2D eigenvalue weighted by atomic mass is 10.2. The number of para-hydroxylation sites is 2. The Morgan fingerprint density at radius 2 is 1.60 bits per heavy atom. The lowest BCUT2D eigenvalue weighted by Crippen LogP contribution is -2.39. The molecule has 0 heterocycles. The van der Waals surface area contributed by atoms with Crippen molar-refractivity contribution in [1.29, 1.82) is 0 Å². The van der Waals surface area contributed by atoms with Crippen molar-refractivity contribution in [2.45, 2.75) is 11.8 Å². The predicted molar refractivity (Wildman–Crippen MR) is 175 cm³/mol. The molecule has 0 fully saturated rings. The number of methoxy groups -OCH3 is 2. The van der Waals surface area contributed by atoms with E-state index in [1.165, 1.54) is 63.8 Å². The summed E-state index contributed by atoms with van der Waals surface area (Å²) in [5.74, 6) is 0.235. The van der Waals surface area contributed by atoms with E-state index < -0.39 is 27.4 Å². The van der Waals surface area contributed by atoms with E-state index in [0.29, 0.717) is 28.5 Å². The van der Waals surface area contributed by atoms with Crippen LogP contribution in [0.5, 0.6) is 17.2 Å². The Labute approximate surface area is 270 Å².